The molecule has 188 valence electrons. The fraction of sp³-hybridized carbons (Fsp3) is 1.00. The van der Waals surface area contributed by atoms with Gasteiger partial charge in [0.05, 0.1) is 0 Å². The van der Waals surface area contributed by atoms with Crippen molar-refractivity contribution in [1.29, 1.82) is 0 Å². The summed E-state index contributed by atoms with van der Waals surface area (Å²) in [5.74, 6) is 0. The molecular formula is C20H53N11. The second kappa shape index (κ2) is 25.8. The average Bonchev–Trinajstić information content (AvgIpc) is 2.77. The molecule has 0 spiro atoms. The maximum Gasteiger partial charge on any atom is 0.0110 e. The van der Waals surface area contributed by atoms with Gasteiger partial charge in [-0.15, -0.1) is 0 Å². The van der Waals surface area contributed by atoms with Crippen molar-refractivity contribution in [1.82, 2.24) is 36.4 Å². The summed E-state index contributed by atoms with van der Waals surface area (Å²) in [5.41, 5.74) is 22.6. The first-order valence-electron chi connectivity index (χ1n) is 12.1. The molecule has 0 aliphatic carbocycles. The third kappa shape index (κ3) is 22.5. The molecule has 31 heavy (non-hydrogen) atoms. The molecule has 0 heterocycles. The van der Waals surface area contributed by atoms with Crippen molar-refractivity contribution in [3.8, 4) is 0 Å². The van der Waals surface area contributed by atoms with Crippen molar-refractivity contribution in [2.24, 2.45) is 22.9 Å². The Morgan fingerprint density at radius 3 is 1.00 bits per heavy atom. The van der Waals surface area contributed by atoms with E-state index < -0.39 is 0 Å². The van der Waals surface area contributed by atoms with Crippen LogP contribution in [0, 0.1) is 0 Å². The normalized spacial score (nSPS) is 11.8. The van der Waals surface area contributed by atoms with Gasteiger partial charge in [-0.1, -0.05) is 0 Å². The van der Waals surface area contributed by atoms with Gasteiger partial charge in [-0.2, -0.15) is 0 Å². The van der Waals surface area contributed by atoms with E-state index in [1.165, 1.54) is 0 Å². The Labute approximate surface area is 190 Å². The molecule has 0 aromatic heterocycles. The molecule has 0 bridgehead atoms. The lowest BCUT2D eigenvalue weighted by molar-refractivity contribution is 0.212. The molecular weight excluding hydrogens is 394 g/mol. The molecule has 0 aromatic carbocycles. The zero-order valence-electron chi connectivity index (χ0n) is 19.8. The van der Waals surface area contributed by atoms with Crippen molar-refractivity contribution in [3.05, 3.63) is 0 Å². The number of rotatable bonds is 26. The summed E-state index contributed by atoms with van der Waals surface area (Å²) < 4.78 is 0. The fourth-order valence-corrected chi connectivity index (χ4v) is 3.17. The molecule has 0 saturated carbocycles. The zero-order chi connectivity index (χ0) is 22.8. The van der Waals surface area contributed by atoms with Gasteiger partial charge in [-0.05, 0) is 0 Å². The molecule has 0 atom stereocenters. The molecule has 0 amide bonds. The van der Waals surface area contributed by atoms with Crippen LogP contribution in [0.2, 0.25) is 0 Å². The Morgan fingerprint density at radius 2 is 0.645 bits per heavy atom. The van der Waals surface area contributed by atoms with Gasteiger partial charge in [0.2, 0.25) is 0 Å². The van der Waals surface area contributed by atoms with Crippen molar-refractivity contribution >= 4 is 0 Å². The highest BCUT2D eigenvalue weighted by Crippen LogP contribution is 1.91. The summed E-state index contributed by atoms with van der Waals surface area (Å²) in [4.78, 5) is 4.73. The molecule has 0 aliphatic heterocycles. The smallest absolute Gasteiger partial charge is 0.0110 e. The summed E-state index contributed by atoms with van der Waals surface area (Å²) in [6, 6.07) is 0. The first kappa shape index (κ1) is 30.6. The molecule has 0 fully saturated rings. The van der Waals surface area contributed by atoms with Crippen LogP contribution in [0.5, 0.6) is 0 Å². The minimum Gasteiger partial charge on any atom is -0.329 e. The number of hydrogen-bond acceptors (Lipinski definition) is 11. The van der Waals surface area contributed by atoms with E-state index in [0.717, 1.165) is 105 Å². The van der Waals surface area contributed by atoms with Crippen molar-refractivity contribution in [2.45, 2.75) is 0 Å². The third-order valence-corrected chi connectivity index (χ3v) is 4.91. The lowest BCUT2D eigenvalue weighted by Gasteiger charge is -2.27. The van der Waals surface area contributed by atoms with Gasteiger partial charge in [-0.3, -0.25) is 9.80 Å². The van der Waals surface area contributed by atoms with Crippen LogP contribution < -0.4 is 49.5 Å². The Kier molecular flexibility index (Phi) is 25.5. The van der Waals surface area contributed by atoms with Crippen LogP contribution in [0.1, 0.15) is 0 Å². The van der Waals surface area contributed by atoms with Gasteiger partial charge in [-0.25, -0.2) is 0 Å². The summed E-state index contributed by atoms with van der Waals surface area (Å²) in [6.07, 6.45) is 0. The van der Waals surface area contributed by atoms with Crippen LogP contribution in [0.25, 0.3) is 0 Å². The second-order valence-corrected chi connectivity index (χ2v) is 7.59. The Hall–Kier alpha value is -0.440. The quantitative estimate of drug-likeness (QED) is 0.0584. The molecule has 0 aromatic rings. The first-order valence-corrected chi connectivity index (χ1v) is 12.1. The highest BCUT2D eigenvalue weighted by atomic mass is 15.2. The Balaban J connectivity index is 3.49. The van der Waals surface area contributed by atoms with Gasteiger partial charge in [0.15, 0.2) is 0 Å². The molecule has 11 nitrogen and oxygen atoms in total. The highest BCUT2D eigenvalue weighted by molar-refractivity contribution is 4.66. The van der Waals surface area contributed by atoms with Crippen LogP contribution >= 0.6 is 0 Å². The summed E-state index contributed by atoms with van der Waals surface area (Å²) in [6.45, 7) is 18.1. The van der Waals surface area contributed by atoms with Crippen LogP contribution in [0.4, 0.5) is 0 Å². The maximum absolute atomic E-state index is 5.77. The standard InChI is InChI=1S/C20H53N11/c21-1-5-25-6-7-26-8-9-27-10-11-28-12-13-29-14-18-31(17-4-24)20-19-30(15-2-22)16-3-23/h25-29H,1-24H2. The predicted molar refractivity (Wildman–Crippen MR) is 133 cm³/mol. The van der Waals surface area contributed by atoms with Gasteiger partial charge in [0.25, 0.3) is 0 Å². The molecule has 11 heteroatoms. The van der Waals surface area contributed by atoms with Gasteiger partial charge >= 0.3 is 0 Å². The van der Waals surface area contributed by atoms with Gasteiger partial charge < -0.3 is 49.5 Å². The SMILES string of the molecule is NCCNCCNCCNCCNCCNCCN(CCN)CCN(CCN)CCN. The molecule has 0 aliphatic rings. The van der Waals surface area contributed by atoms with E-state index in [2.05, 4.69) is 36.4 Å². The van der Waals surface area contributed by atoms with E-state index in [1.807, 2.05) is 0 Å². The van der Waals surface area contributed by atoms with Crippen LogP contribution in [0.15, 0.2) is 0 Å². The minimum absolute atomic E-state index is 0.672. The maximum atomic E-state index is 5.77. The summed E-state index contributed by atoms with van der Waals surface area (Å²) >= 11 is 0. The molecule has 0 unspecified atom stereocenters. The number of nitrogens with one attached hydrogen (secondary N) is 5. The van der Waals surface area contributed by atoms with E-state index in [9.17, 15) is 0 Å². The van der Waals surface area contributed by atoms with E-state index in [-0.39, 0.29) is 0 Å². The lowest BCUT2D eigenvalue weighted by Crippen LogP contribution is -2.43. The Morgan fingerprint density at radius 1 is 0.323 bits per heavy atom. The fourth-order valence-electron chi connectivity index (χ4n) is 3.17. The topological polar surface area (TPSA) is 171 Å². The molecule has 0 rings (SSSR count). The monoisotopic (exact) mass is 447 g/mol. The van der Waals surface area contributed by atoms with E-state index in [0.29, 0.717) is 26.2 Å². The van der Waals surface area contributed by atoms with E-state index in [1.54, 1.807) is 0 Å². The van der Waals surface area contributed by atoms with Crippen molar-refractivity contribution < 1.29 is 0 Å². The largest absolute Gasteiger partial charge is 0.329 e. The summed E-state index contributed by atoms with van der Waals surface area (Å²) in [7, 11) is 0. The zero-order valence-corrected chi connectivity index (χ0v) is 19.8. The molecule has 0 saturated heterocycles. The van der Waals surface area contributed by atoms with Crippen molar-refractivity contribution in [2.75, 3.05) is 131 Å². The van der Waals surface area contributed by atoms with Gasteiger partial charge in [0, 0.05) is 131 Å². The highest BCUT2D eigenvalue weighted by Gasteiger charge is 2.07. The van der Waals surface area contributed by atoms with Crippen LogP contribution in [0.3, 0.4) is 0 Å². The molecule has 13 N–H and O–H groups in total. The van der Waals surface area contributed by atoms with Gasteiger partial charge in [0.1, 0.15) is 0 Å². The minimum atomic E-state index is 0.672. The predicted octanol–water partition coefficient (Wildman–Crippen LogP) is -4.63. The number of nitrogens with two attached hydrogens (primary N) is 4. The van der Waals surface area contributed by atoms with E-state index >= 15 is 0 Å². The third-order valence-electron chi connectivity index (χ3n) is 4.91. The first-order chi connectivity index (χ1) is 15.3. The summed E-state index contributed by atoms with van der Waals surface area (Å²) in [5, 5.41) is 17.1. The van der Waals surface area contributed by atoms with E-state index in [4.69, 9.17) is 22.9 Å². The number of nitrogens with zero attached hydrogens (tertiary/aromatic N) is 2. The van der Waals surface area contributed by atoms with Crippen molar-refractivity contribution in [3.63, 3.8) is 0 Å². The Bertz CT molecular complexity index is 330. The molecule has 0 radical (unpaired) electrons. The van der Waals surface area contributed by atoms with Crippen LogP contribution in [-0.4, -0.2) is 141 Å². The van der Waals surface area contributed by atoms with Crippen LogP contribution in [-0.2, 0) is 0 Å². The average molecular weight is 448 g/mol. The lowest BCUT2D eigenvalue weighted by atomic mass is 10.3. The second-order valence-electron chi connectivity index (χ2n) is 7.59. The number of hydrogen-bond donors (Lipinski definition) is 9.